The van der Waals surface area contributed by atoms with Crippen molar-refractivity contribution < 1.29 is 0 Å². The first kappa shape index (κ1) is 37.4. The van der Waals surface area contributed by atoms with Gasteiger partial charge in [0.2, 0.25) is 0 Å². The van der Waals surface area contributed by atoms with E-state index in [-0.39, 0.29) is 10.8 Å². The molecule has 0 aliphatic heterocycles. The Balaban J connectivity index is 1.11. The molecule has 4 aliphatic carbocycles. The highest BCUT2D eigenvalue weighted by molar-refractivity contribution is 6.00. The Morgan fingerprint density at radius 1 is 0.391 bits per heavy atom. The highest BCUT2D eigenvalue weighted by atomic mass is 15.2. The van der Waals surface area contributed by atoms with Gasteiger partial charge >= 0.3 is 0 Å². The van der Waals surface area contributed by atoms with Gasteiger partial charge in [-0.25, -0.2) is 0 Å². The summed E-state index contributed by atoms with van der Waals surface area (Å²) >= 11 is 0. The number of hydrogen-bond acceptors (Lipinski definition) is 2. The molecule has 4 aliphatic rings. The molecule has 64 heavy (non-hydrogen) atoms. The summed E-state index contributed by atoms with van der Waals surface area (Å²) in [6, 6.07) is 77.8. The Morgan fingerprint density at radius 3 is 1.56 bits per heavy atom. The largest absolute Gasteiger partial charge is 0.310 e. The first-order valence-electron chi connectivity index (χ1n) is 23.3. The van der Waals surface area contributed by atoms with E-state index in [0.29, 0.717) is 11.8 Å². The molecular weight excluding hydrogens is 773 g/mol. The van der Waals surface area contributed by atoms with Crippen LogP contribution in [-0.2, 0) is 23.7 Å². The molecule has 1 spiro atoms. The fourth-order valence-corrected chi connectivity index (χ4v) is 13.1. The Bertz CT molecular complexity index is 3230. The zero-order chi connectivity index (χ0) is 42.6. The molecule has 0 saturated heterocycles. The van der Waals surface area contributed by atoms with Crippen molar-refractivity contribution in [1.82, 2.24) is 0 Å². The van der Waals surface area contributed by atoms with Crippen LogP contribution in [0.4, 0.5) is 34.1 Å². The second-order valence-corrected chi connectivity index (χ2v) is 19.2. The molecule has 0 N–H and O–H groups in total. The molecule has 0 radical (unpaired) electrons. The third-order valence-electron chi connectivity index (χ3n) is 15.7. The quantitative estimate of drug-likeness (QED) is 0.158. The molecular formula is C62H50N2. The molecule has 3 unspecified atom stereocenters. The molecule has 308 valence electrons. The predicted molar refractivity (Wildman–Crippen MR) is 267 cm³/mol. The van der Waals surface area contributed by atoms with Gasteiger partial charge in [-0.3, -0.25) is 0 Å². The molecule has 9 aromatic carbocycles. The SMILES string of the molecule is CC1(C)c2ccccc2-c2ccc(N(c3cc4ccccc4cc3-c3ccccc3)c3cccc4c3C35c6c(cccc6N(c6ccccc6)c6ccccc6)CC3CCC5C4)cc21. The van der Waals surface area contributed by atoms with Crippen molar-refractivity contribution in [1.29, 1.82) is 0 Å². The van der Waals surface area contributed by atoms with Crippen molar-refractivity contribution in [3.8, 4) is 22.3 Å². The van der Waals surface area contributed by atoms with Gasteiger partial charge in [-0.05, 0) is 159 Å². The van der Waals surface area contributed by atoms with Crippen molar-refractivity contribution in [3.05, 3.63) is 240 Å². The maximum absolute atomic E-state index is 2.69. The average molecular weight is 823 g/mol. The van der Waals surface area contributed by atoms with Crippen LogP contribution in [0.2, 0.25) is 0 Å². The molecule has 0 heterocycles. The van der Waals surface area contributed by atoms with Gasteiger partial charge in [0.15, 0.2) is 0 Å². The van der Waals surface area contributed by atoms with Crippen molar-refractivity contribution in [2.75, 3.05) is 9.80 Å². The predicted octanol–water partition coefficient (Wildman–Crippen LogP) is 16.2. The van der Waals surface area contributed by atoms with E-state index in [1.807, 2.05) is 0 Å². The van der Waals surface area contributed by atoms with E-state index in [1.54, 1.807) is 0 Å². The van der Waals surface area contributed by atoms with E-state index in [9.17, 15) is 0 Å². The second kappa shape index (κ2) is 14.2. The van der Waals surface area contributed by atoms with Crippen LogP contribution in [0.5, 0.6) is 0 Å². The fourth-order valence-electron chi connectivity index (χ4n) is 13.1. The lowest BCUT2D eigenvalue weighted by Crippen LogP contribution is -2.34. The lowest BCUT2D eigenvalue weighted by Gasteiger charge is -2.40. The van der Waals surface area contributed by atoms with Crippen molar-refractivity contribution in [3.63, 3.8) is 0 Å². The maximum atomic E-state index is 2.69. The van der Waals surface area contributed by atoms with Crippen LogP contribution < -0.4 is 9.80 Å². The van der Waals surface area contributed by atoms with Gasteiger partial charge in [-0.2, -0.15) is 0 Å². The lowest BCUT2D eigenvalue weighted by atomic mass is 9.68. The normalized spacial score (nSPS) is 19.3. The first-order valence-corrected chi connectivity index (χ1v) is 23.3. The molecule has 1 saturated carbocycles. The maximum Gasteiger partial charge on any atom is 0.0546 e. The van der Waals surface area contributed by atoms with Gasteiger partial charge in [-0.15, -0.1) is 0 Å². The Morgan fingerprint density at radius 2 is 0.922 bits per heavy atom. The number of anilines is 6. The number of fused-ring (bicyclic) bond motifs is 6. The van der Waals surface area contributed by atoms with Crippen LogP contribution in [0, 0.1) is 11.8 Å². The van der Waals surface area contributed by atoms with Crippen molar-refractivity contribution in [2.24, 2.45) is 11.8 Å². The molecule has 0 aromatic heterocycles. The minimum absolute atomic E-state index is 0.143. The summed E-state index contributed by atoms with van der Waals surface area (Å²) in [5.41, 5.74) is 21.1. The summed E-state index contributed by atoms with van der Waals surface area (Å²) in [4.78, 5) is 5.23. The van der Waals surface area contributed by atoms with Crippen molar-refractivity contribution >= 4 is 44.9 Å². The third kappa shape index (κ3) is 5.32. The number of hydrogen-bond donors (Lipinski definition) is 0. The molecule has 2 heteroatoms. The summed E-state index contributed by atoms with van der Waals surface area (Å²) in [5.74, 6) is 1.01. The average Bonchev–Trinajstić information content (AvgIpc) is 4.04. The van der Waals surface area contributed by atoms with E-state index in [1.165, 1.54) is 113 Å². The minimum atomic E-state index is -0.159. The molecule has 2 nitrogen and oxygen atoms in total. The van der Waals surface area contributed by atoms with Crippen LogP contribution in [-0.4, -0.2) is 0 Å². The number of para-hydroxylation sites is 2. The fraction of sp³-hybridized carbons (Fsp3) is 0.161. The van der Waals surface area contributed by atoms with E-state index >= 15 is 0 Å². The standard InChI is InChI=1S/C62H50N2/c1-61(2)54-29-15-14-28-51(54)52-35-34-50(40-55(52)61)64(58-39-43-21-13-12-20-42(43)38-53(58)41-18-6-3-7-19-41)57-31-17-23-45-37-47-33-32-46-36-44-22-16-30-56(59(44)62(46,47)60(45)57)63(48-24-8-4-9-25-48)49-26-10-5-11-27-49/h3-31,34-35,38-40,46-47H,32-33,36-37H2,1-2H3. The van der Waals surface area contributed by atoms with E-state index in [4.69, 9.17) is 0 Å². The topological polar surface area (TPSA) is 6.48 Å². The van der Waals surface area contributed by atoms with Crippen LogP contribution >= 0.6 is 0 Å². The summed E-state index contributed by atoms with van der Waals surface area (Å²) < 4.78 is 0. The van der Waals surface area contributed by atoms with E-state index < -0.39 is 0 Å². The molecule has 1 fully saturated rings. The molecule has 0 amide bonds. The van der Waals surface area contributed by atoms with Gasteiger partial charge < -0.3 is 9.80 Å². The Labute approximate surface area is 377 Å². The third-order valence-corrected chi connectivity index (χ3v) is 15.7. The van der Waals surface area contributed by atoms with Crippen LogP contribution in [0.3, 0.4) is 0 Å². The summed E-state index contributed by atoms with van der Waals surface area (Å²) in [5, 5.41) is 2.49. The van der Waals surface area contributed by atoms with Gasteiger partial charge in [0.1, 0.15) is 0 Å². The zero-order valence-electron chi connectivity index (χ0n) is 36.5. The number of benzene rings is 9. The lowest BCUT2D eigenvalue weighted by molar-refractivity contribution is 0.350. The highest BCUT2D eigenvalue weighted by Crippen LogP contribution is 2.69. The van der Waals surface area contributed by atoms with Crippen LogP contribution in [0.1, 0.15) is 60.1 Å². The minimum Gasteiger partial charge on any atom is -0.310 e. The summed E-state index contributed by atoms with van der Waals surface area (Å²) in [7, 11) is 0. The van der Waals surface area contributed by atoms with Gasteiger partial charge in [-0.1, -0.05) is 159 Å². The number of rotatable bonds is 7. The monoisotopic (exact) mass is 822 g/mol. The highest BCUT2D eigenvalue weighted by Gasteiger charge is 2.62. The van der Waals surface area contributed by atoms with Crippen LogP contribution in [0.25, 0.3) is 33.0 Å². The smallest absolute Gasteiger partial charge is 0.0546 e. The Hall–Kier alpha value is -7.16. The zero-order valence-corrected chi connectivity index (χ0v) is 36.5. The summed E-state index contributed by atoms with van der Waals surface area (Å²) in [6.45, 7) is 4.82. The van der Waals surface area contributed by atoms with Crippen LogP contribution in [0.15, 0.2) is 206 Å². The summed E-state index contributed by atoms with van der Waals surface area (Å²) in [6.07, 6.45) is 4.66. The Kier molecular flexibility index (Phi) is 8.28. The molecule has 9 aromatic rings. The van der Waals surface area contributed by atoms with Gasteiger partial charge in [0.05, 0.1) is 17.1 Å². The van der Waals surface area contributed by atoms with Crippen molar-refractivity contribution in [2.45, 2.75) is 50.4 Å². The number of nitrogens with zero attached hydrogens (tertiary/aromatic N) is 2. The second-order valence-electron chi connectivity index (χ2n) is 19.2. The molecule has 13 rings (SSSR count). The van der Waals surface area contributed by atoms with E-state index in [0.717, 1.165) is 12.8 Å². The van der Waals surface area contributed by atoms with E-state index in [2.05, 4.69) is 230 Å². The first-order chi connectivity index (χ1) is 31.5. The molecule has 0 bridgehead atoms. The molecule has 3 atom stereocenters. The van der Waals surface area contributed by atoms with Gasteiger partial charge in [0.25, 0.3) is 0 Å². The van der Waals surface area contributed by atoms with Gasteiger partial charge in [0, 0.05) is 33.5 Å².